The van der Waals surface area contributed by atoms with Gasteiger partial charge < -0.3 is 14.9 Å². The molecule has 0 aromatic heterocycles. The van der Waals surface area contributed by atoms with Crippen LogP contribution in [0.3, 0.4) is 0 Å². The molecule has 118 valence electrons. The fourth-order valence-corrected chi connectivity index (χ4v) is 2.88. The number of isothiocyanates is 1. The molecule has 0 radical (unpaired) electrons. The van der Waals surface area contributed by atoms with E-state index < -0.39 is 6.09 Å². The predicted octanol–water partition coefficient (Wildman–Crippen LogP) is 3.64. The molecule has 1 aromatic rings. The second-order valence-electron chi connectivity index (χ2n) is 6.52. The van der Waals surface area contributed by atoms with Crippen molar-refractivity contribution >= 4 is 34.8 Å². The summed E-state index contributed by atoms with van der Waals surface area (Å²) in [6.45, 7) is 8.12. The summed E-state index contributed by atoms with van der Waals surface area (Å²) in [5.41, 5.74) is 1.73. The molecule has 0 aliphatic carbocycles. The fourth-order valence-electron chi connectivity index (χ4n) is 2.78. The van der Waals surface area contributed by atoms with Crippen LogP contribution < -0.4 is 4.90 Å². The average molecular weight is 319 g/mol. The molecule has 0 bridgehead atoms. The number of amides is 1. The molecular formula is C16H21N3O2S. The van der Waals surface area contributed by atoms with Crippen LogP contribution in [0.1, 0.15) is 20.8 Å². The minimum Gasteiger partial charge on any atom is -0.465 e. The van der Waals surface area contributed by atoms with Gasteiger partial charge in [-0.1, -0.05) is 20.8 Å². The monoisotopic (exact) mass is 319 g/mol. The predicted molar refractivity (Wildman–Crippen MR) is 91.3 cm³/mol. The summed E-state index contributed by atoms with van der Waals surface area (Å²) in [6.07, 6.45) is -0.842. The molecule has 1 atom stereocenters. The zero-order chi connectivity index (χ0) is 16.3. The molecule has 0 saturated carbocycles. The summed E-state index contributed by atoms with van der Waals surface area (Å²) in [4.78, 5) is 19.2. The number of piperazine rings is 1. The Morgan fingerprint density at radius 3 is 2.45 bits per heavy atom. The molecule has 1 saturated heterocycles. The molecule has 1 amide bonds. The highest BCUT2D eigenvalue weighted by Crippen LogP contribution is 2.30. The molecule has 1 aromatic carbocycles. The highest BCUT2D eigenvalue weighted by Gasteiger charge is 2.37. The van der Waals surface area contributed by atoms with Crippen molar-refractivity contribution in [1.29, 1.82) is 0 Å². The Balaban J connectivity index is 2.20. The van der Waals surface area contributed by atoms with E-state index in [-0.39, 0.29) is 11.5 Å². The van der Waals surface area contributed by atoms with E-state index in [1.807, 2.05) is 24.3 Å². The van der Waals surface area contributed by atoms with E-state index in [4.69, 9.17) is 0 Å². The van der Waals surface area contributed by atoms with Crippen LogP contribution in [-0.2, 0) is 0 Å². The van der Waals surface area contributed by atoms with Gasteiger partial charge in [0.2, 0.25) is 0 Å². The molecule has 0 spiro atoms. The van der Waals surface area contributed by atoms with Crippen molar-refractivity contribution in [2.45, 2.75) is 26.8 Å². The quantitative estimate of drug-likeness (QED) is 0.668. The number of rotatable bonds is 2. The van der Waals surface area contributed by atoms with Gasteiger partial charge in [-0.25, -0.2) is 4.79 Å². The summed E-state index contributed by atoms with van der Waals surface area (Å²) < 4.78 is 0. The number of aliphatic imine (C=N–C) groups is 1. The van der Waals surface area contributed by atoms with Gasteiger partial charge in [0.1, 0.15) is 0 Å². The first-order valence-electron chi connectivity index (χ1n) is 7.25. The molecule has 1 N–H and O–H groups in total. The number of hydrogen-bond acceptors (Lipinski definition) is 4. The topological polar surface area (TPSA) is 56.1 Å². The second-order valence-corrected chi connectivity index (χ2v) is 6.71. The Bertz CT molecular complexity index is 588. The van der Waals surface area contributed by atoms with Gasteiger partial charge in [-0.15, -0.1) is 0 Å². The summed E-state index contributed by atoms with van der Waals surface area (Å²) in [6, 6.07) is 7.72. The number of nitrogens with zero attached hydrogens (tertiary/aromatic N) is 3. The third kappa shape index (κ3) is 3.64. The summed E-state index contributed by atoms with van der Waals surface area (Å²) in [5, 5.41) is 11.8. The van der Waals surface area contributed by atoms with Gasteiger partial charge in [0, 0.05) is 25.3 Å². The number of hydrogen-bond donors (Lipinski definition) is 1. The first kappa shape index (κ1) is 16.5. The van der Waals surface area contributed by atoms with Gasteiger partial charge >= 0.3 is 6.09 Å². The Hall–Kier alpha value is -1.91. The number of carbonyl (C=O) groups is 1. The van der Waals surface area contributed by atoms with Gasteiger partial charge in [-0.3, -0.25) is 0 Å². The Morgan fingerprint density at radius 1 is 1.32 bits per heavy atom. The van der Waals surface area contributed by atoms with Crippen LogP contribution in [0.5, 0.6) is 0 Å². The highest BCUT2D eigenvalue weighted by molar-refractivity contribution is 7.78. The lowest BCUT2D eigenvalue weighted by molar-refractivity contribution is 0.0748. The number of thiocarbonyl (C=S) groups is 1. The highest BCUT2D eigenvalue weighted by atomic mass is 32.1. The van der Waals surface area contributed by atoms with Gasteiger partial charge in [0.15, 0.2) is 0 Å². The van der Waals surface area contributed by atoms with Crippen molar-refractivity contribution in [3.8, 4) is 0 Å². The third-order valence-electron chi connectivity index (χ3n) is 4.02. The molecule has 1 heterocycles. The molecule has 5 nitrogen and oxygen atoms in total. The van der Waals surface area contributed by atoms with Crippen molar-refractivity contribution in [2.24, 2.45) is 10.4 Å². The maximum absolute atomic E-state index is 11.4. The molecule has 1 unspecified atom stereocenters. The fraction of sp³-hybridized carbons (Fsp3) is 0.500. The largest absolute Gasteiger partial charge is 0.465 e. The van der Waals surface area contributed by atoms with Crippen molar-refractivity contribution in [1.82, 2.24) is 4.90 Å². The van der Waals surface area contributed by atoms with Crippen LogP contribution in [0.15, 0.2) is 29.3 Å². The van der Waals surface area contributed by atoms with Crippen LogP contribution in [0.25, 0.3) is 0 Å². The standard InChI is InChI=1S/C16H21N3O2S/c1-16(2,3)14-10-18(8-9-19(14)15(20)21)13-6-4-12(5-7-13)17-11-22/h4-7,14H,8-10H2,1-3H3,(H,20,21). The lowest BCUT2D eigenvalue weighted by Gasteiger charge is -2.46. The van der Waals surface area contributed by atoms with E-state index in [9.17, 15) is 9.90 Å². The Morgan fingerprint density at radius 2 is 1.95 bits per heavy atom. The van der Waals surface area contributed by atoms with Crippen LogP contribution in [0, 0.1) is 5.41 Å². The van der Waals surface area contributed by atoms with Crippen LogP contribution in [0.4, 0.5) is 16.2 Å². The Kier molecular flexibility index (Phi) is 4.84. The second kappa shape index (κ2) is 6.46. The maximum atomic E-state index is 11.4. The SMILES string of the molecule is CC(C)(C)C1CN(c2ccc(N=C=S)cc2)CCN1C(=O)O. The normalized spacial score (nSPS) is 18.8. The van der Waals surface area contributed by atoms with E-state index in [0.29, 0.717) is 19.6 Å². The molecule has 1 aliphatic rings. The van der Waals surface area contributed by atoms with Crippen molar-refractivity contribution in [3.63, 3.8) is 0 Å². The van der Waals surface area contributed by atoms with Gasteiger partial charge in [0.25, 0.3) is 0 Å². The van der Waals surface area contributed by atoms with Gasteiger partial charge in [0.05, 0.1) is 16.9 Å². The van der Waals surface area contributed by atoms with Crippen LogP contribution in [0.2, 0.25) is 0 Å². The first-order chi connectivity index (χ1) is 10.3. The van der Waals surface area contributed by atoms with Crippen molar-refractivity contribution < 1.29 is 9.90 Å². The molecule has 22 heavy (non-hydrogen) atoms. The lowest BCUT2D eigenvalue weighted by atomic mass is 9.84. The number of benzene rings is 1. The van der Waals surface area contributed by atoms with Gasteiger partial charge in [-0.2, -0.15) is 4.99 Å². The average Bonchev–Trinajstić information content (AvgIpc) is 2.47. The van der Waals surface area contributed by atoms with E-state index in [1.54, 1.807) is 4.90 Å². The summed E-state index contributed by atoms with van der Waals surface area (Å²) in [7, 11) is 0. The van der Waals surface area contributed by atoms with Crippen LogP contribution >= 0.6 is 12.2 Å². The Labute approximate surface area is 136 Å². The zero-order valence-corrected chi connectivity index (χ0v) is 13.9. The van der Waals surface area contributed by atoms with E-state index in [0.717, 1.165) is 11.4 Å². The molecule has 2 rings (SSSR count). The summed E-state index contributed by atoms with van der Waals surface area (Å²) in [5.74, 6) is 0. The number of carboxylic acid groups (broad SMARTS) is 1. The van der Waals surface area contributed by atoms with Gasteiger partial charge in [-0.05, 0) is 41.9 Å². The smallest absolute Gasteiger partial charge is 0.407 e. The van der Waals surface area contributed by atoms with Crippen molar-refractivity contribution in [2.75, 3.05) is 24.5 Å². The van der Waals surface area contributed by atoms with Crippen molar-refractivity contribution in [3.05, 3.63) is 24.3 Å². The molecule has 1 aliphatic heterocycles. The molecule has 1 fully saturated rings. The minimum atomic E-state index is -0.842. The zero-order valence-electron chi connectivity index (χ0n) is 13.1. The maximum Gasteiger partial charge on any atom is 0.407 e. The minimum absolute atomic E-state index is 0.0441. The molecular weight excluding hydrogens is 298 g/mol. The van der Waals surface area contributed by atoms with E-state index >= 15 is 0 Å². The first-order valence-corrected chi connectivity index (χ1v) is 7.66. The van der Waals surface area contributed by atoms with E-state index in [1.165, 1.54) is 0 Å². The summed E-state index contributed by atoms with van der Waals surface area (Å²) >= 11 is 4.60. The van der Waals surface area contributed by atoms with Crippen LogP contribution in [-0.4, -0.2) is 46.9 Å². The lowest BCUT2D eigenvalue weighted by Crippen LogP contribution is -2.59. The molecule has 6 heteroatoms. The number of anilines is 1. The third-order valence-corrected chi connectivity index (χ3v) is 4.11. The van der Waals surface area contributed by atoms with E-state index in [2.05, 4.69) is 48.0 Å².